The molecule has 0 saturated carbocycles. The average molecular weight is 440 g/mol. The number of hydrogen-bond acceptors (Lipinski definition) is 7. The number of pyridine rings is 3. The molecule has 0 spiro atoms. The third-order valence-corrected chi connectivity index (χ3v) is 5.89. The van der Waals surface area contributed by atoms with Crippen molar-refractivity contribution in [3.05, 3.63) is 72.8 Å². The Morgan fingerprint density at radius 2 is 1.73 bits per heavy atom. The van der Waals surface area contributed by atoms with Crippen molar-refractivity contribution in [1.82, 2.24) is 19.9 Å². The molecule has 8 heteroatoms. The van der Waals surface area contributed by atoms with E-state index in [0.717, 1.165) is 53.9 Å². The topological polar surface area (TPSA) is 100 Å². The molecule has 3 N–H and O–H groups in total. The number of nitrogens with one attached hydrogen (secondary N) is 1. The van der Waals surface area contributed by atoms with Crippen molar-refractivity contribution in [2.45, 2.75) is 0 Å². The zero-order chi connectivity index (χ0) is 22.8. The Morgan fingerprint density at radius 1 is 0.879 bits per heavy atom. The number of amides is 1. The van der Waals surface area contributed by atoms with Crippen LogP contribution in [0.2, 0.25) is 0 Å². The Hall–Kier alpha value is -4.04. The standard InChI is InChI=1S/C25H25N7O/c1-31-6-8-32(9-7-31)24-5-4-19(15-29-24)25(33)30-23-12-20-10-17(2-3-18(20)14-28-23)21-11-22(26)16-27-13-21/h2-5,10-16H,6-9,26H2,1H3,(H,28,30,33). The fraction of sp³-hybridized carbons (Fsp3) is 0.200. The van der Waals surface area contributed by atoms with E-state index in [1.165, 1.54) is 0 Å². The van der Waals surface area contributed by atoms with Crippen LogP contribution in [0, 0.1) is 0 Å². The average Bonchev–Trinajstić information content (AvgIpc) is 2.84. The van der Waals surface area contributed by atoms with Crippen molar-refractivity contribution >= 4 is 34.0 Å². The second-order valence-electron chi connectivity index (χ2n) is 8.29. The van der Waals surface area contributed by atoms with Crippen molar-refractivity contribution < 1.29 is 4.79 Å². The van der Waals surface area contributed by atoms with Gasteiger partial charge in [-0.1, -0.05) is 12.1 Å². The summed E-state index contributed by atoms with van der Waals surface area (Å²) in [7, 11) is 2.12. The van der Waals surface area contributed by atoms with Gasteiger partial charge in [-0.15, -0.1) is 0 Å². The molecule has 0 aliphatic carbocycles. The van der Waals surface area contributed by atoms with E-state index in [-0.39, 0.29) is 5.91 Å². The first-order chi connectivity index (χ1) is 16.0. The molecule has 1 aromatic carbocycles. The Bertz CT molecular complexity index is 1300. The normalized spacial score (nSPS) is 14.4. The minimum absolute atomic E-state index is 0.240. The molecule has 1 aliphatic heterocycles. The first kappa shape index (κ1) is 20.8. The predicted molar refractivity (Wildman–Crippen MR) is 131 cm³/mol. The fourth-order valence-corrected chi connectivity index (χ4v) is 3.94. The predicted octanol–water partition coefficient (Wildman–Crippen LogP) is 3.28. The second-order valence-corrected chi connectivity index (χ2v) is 8.29. The van der Waals surface area contributed by atoms with Crippen LogP contribution in [0.4, 0.5) is 17.3 Å². The number of carbonyl (C=O) groups excluding carboxylic acids is 1. The first-order valence-electron chi connectivity index (χ1n) is 10.9. The molecule has 0 unspecified atom stereocenters. The lowest BCUT2D eigenvalue weighted by atomic mass is 10.0. The van der Waals surface area contributed by atoms with Gasteiger partial charge in [0.25, 0.3) is 5.91 Å². The summed E-state index contributed by atoms with van der Waals surface area (Å²) in [5, 5.41) is 4.82. The van der Waals surface area contributed by atoms with E-state index in [2.05, 4.69) is 37.1 Å². The van der Waals surface area contributed by atoms with Crippen LogP contribution in [-0.4, -0.2) is 59.0 Å². The number of piperazine rings is 1. The summed E-state index contributed by atoms with van der Waals surface area (Å²) in [6, 6.07) is 13.5. The summed E-state index contributed by atoms with van der Waals surface area (Å²) in [4.78, 5) is 30.4. The number of rotatable bonds is 4. The largest absolute Gasteiger partial charge is 0.397 e. The van der Waals surface area contributed by atoms with Gasteiger partial charge in [-0.2, -0.15) is 0 Å². The summed E-state index contributed by atoms with van der Waals surface area (Å²) < 4.78 is 0. The highest BCUT2D eigenvalue weighted by Gasteiger charge is 2.16. The van der Waals surface area contributed by atoms with E-state index in [1.54, 1.807) is 24.8 Å². The maximum Gasteiger partial charge on any atom is 0.258 e. The zero-order valence-electron chi connectivity index (χ0n) is 18.4. The van der Waals surface area contributed by atoms with E-state index < -0.39 is 0 Å². The number of nitrogen functional groups attached to an aromatic ring is 1. The van der Waals surface area contributed by atoms with Gasteiger partial charge in [-0.25, -0.2) is 9.97 Å². The van der Waals surface area contributed by atoms with Crippen LogP contribution in [0.1, 0.15) is 10.4 Å². The van der Waals surface area contributed by atoms with Gasteiger partial charge in [0.05, 0.1) is 11.3 Å². The molecule has 4 heterocycles. The third-order valence-electron chi connectivity index (χ3n) is 5.89. The van der Waals surface area contributed by atoms with Crippen molar-refractivity contribution in [3.63, 3.8) is 0 Å². The molecule has 1 aliphatic rings. The highest BCUT2D eigenvalue weighted by molar-refractivity contribution is 6.04. The lowest BCUT2D eigenvalue weighted by Crippen LogP contribution is -2.44. The van der Waals surface area contributed by atoms with Crippen molar-refractivity contribution in [2.24, 2.45) is 0 Å². The molecular weight excluding hydrogens is 414 g/mol. The van der Waals surface area contributed by atoms with Gasteiger partial charge in [0, 0.05) is 61.9 Å². The van der Waals surface area contributed by atoms with Crippen LogP contribution in [0.3, 0.4) is 0 Å². The van der Waals surface area contributed by atoms with Crippen molar-refractivity contribution in [1.29, 1.82) is 0 Å². The summed E-state index contributed by atoms with van der Waals surface area (Å²) in [6.07, 6.45) is 6.77. The van der Waals surface area contributed by atoms with Gasteiger partial charge in [0.2, 0.25) is 0 Å². The van der Waals surface area contributed by atoms with Gasteiger partial charge >= 0.3 is 0 Å². The van der Waals surface area contributed by atoms with E-state index in [0.29, 0.717) is 17.1 Å². The van der Waals surface area contributed by atoms with E-state index in [9.17, 15) is 4.79 Å². The first-order valence-corrected chi connectivity index (χ1v) is 10.9. The van der Waals surface area contributed by atoms with E-state index >= 15 is 0 Å². The molecule has 1 amide bonds. The molecule has 1 saturated heterocycles. The summed E-state index contributed by atoms with van der Waals surface area (Å²) >= 11 is 0. The van der Waals surface area contributed by atoms with Crippen LogP contribution in [0.25, 0.3) is 21.9 Å². The molecule has 1 fully saturated rings. The SMILES string of the molecule is CN1CCN(c2ccc(C(=O)Nc3cc4cc(-c5cncc(N)c5)ccc4cn3)cn2)CC1. The number of carbonyl (C=O) groups is 1. The summed E-state index contributed by atoms with van der Waals surface area (Å²) in [5.74, 6) is 1.14. The van der Waals surface area contributed by atoms with Gasteiger partial charge in [0.15, 0.2) is 0 Å². The number of likely N-dealkylation sites (N-methyl/N-ethyl adjacent to an activating group) is 1. The van der Waals surface area contributed by atoms with Crippen LogP contribution < -0.4 is 16.0 Å². The Balaban J connectivity index is 1.32. The molecule has 4 aromatic rings. The van der Waals surface area contributed by atoms with Crippen LogP contribution in [0.5, 0.6) is 0 Å². The highest BCUT2D eigenvalue weighted by atomic mass is 16.1. The smallest absolute Gasteiger partial charge is 0.258 e. The minimum Gasteiger partial charge on any atom is -0.397 e. The molecule has 166 valence electrons. The number of anilines is 3. The monoisotopic (exact) mass is 439 g/mol. The van der Waals surface area contributed by atoms with E-state index in [1.807, 2.05) is 42.5 Å². The Morgan fingerprint density at radius 3 is 2.48 bits per heavy atom. The van der Waals surface area contributed by atoms with E-state index in [4.69, 9.17) is 5.73 Å². The number of nitrogens with two attached hydrogens (primary N) is 1. The molecule has 33 heavy (non-hydrogen) atoms. The molecule has 3 aromatic heterocycles. The van der Waals surface area contributed by atoms with Gasteiger partial charge in [0.1, 0.15) is 11.6 Å². The van der Waals surface area contributed by atoms with Crippen molar-refractivity contribution in [3.8, 4) is 11.1 Å². The number of fused-ring (bicyclic) bond motifs is 1. The van der Waals surface area contributed by atoms with Crippen LogP contribution in [0.15, 0.2) is 67.3 Å². The number of hydrogen-bond donors (Lipinski definition) is 2. The van der Waals surface area contributed by atoms with Crippen LogP contribution in [-0.2, 0) is 0 Å². The van der Waals surface area contributed by atoms with Gasteiger partial charge < -0.3 is 20.9 Å². The van der Waals surface area contributed by atoms with Gasteiger partial charge in [-0.3, -0.25) is 9.78 Å². The second kappa shape index (κ2) is 8.84. The molecule has 5 rings (SSSR count). The maximum atomic E-state index is 12.8. The molecule has 0 atom stereocenters. The molecule has 0 radical (unpaired) electrons. The maximum absolute atomic E-state index is 12.8. The Kier molecular flexibility index (Phi) is 5.58. The molecule has 0 bridgehead atoms. The lowest BCUT2D eigenvalue weighted by molar-refractivity contribution is 0.102. The lowest BCUT2D eigenvalue weighted by Gasteiger charge is -2.33. The Labute approximate surface area is 192 Å². The van der Waals surface area contributed by atoms with Crippen molar-refractivity contribution in [2.75, 3.05) is 49.2 Å². The third kappa shape index (κ3) is 4.61. The zero-order valence-corrected chi connectivity index (χ0v) is 18.4. The fourth-order valence-electron chi connectivity index (χ4n) is 3.94. The number of nitrogens with zero attached hydrogens (tertiary/aromatic N) is 5. The summed E-state index contributed by atoms with van der Waals surface area (Å²) in [6.45, 7) is 3.88. The number of aromatic nitrogens is 3. The number of benzene rings is 1. The van der Waals surface area contributed by atoms with Gasteiger partial charge in [-0.05, 0) is 48.3 Å². The quantitative estimate of drug-likeness (QED) is 0.503. The summed E-state index contributed by atoms with van der Waals surface area (Å²) in [5.41, 5.74) is 8.91. The minimum atomic E-state index is -0.240. The van der Waals surface area contributed by atoms with Crippen LogP contribution >= 0.6 is 0 Å². The molecular formula is C25H25N7O. The highest BCUT2D eigenvalue weighted by Crippen LogP contribution is 2.26. The molecule has 8 nitrogen and oxygen atoms in total.